The highest BCUT2D eigenvalue weighted by molar-refractivity contribution is 5.82. The fourth-order valence-electron chi connectivity index (χ4n) is 3.83. The van der Waals surface area contributed by atoms with Gasteiger partial charge >= 0.3 is 0 Å². The van der Waals surface area contributed by atoms with Gasteiger partial charge in [0.05, 0.1) is 6.04 Å². The summed E-state index contributed by atoms with van der Waals surface area (Å²) in [6.07, 6.45) is 5.11. The molecular formula is C17H24N2O. The van der Waals surface area contributed by atoms with Crippen molar-refractivity contribution in [2.75, 3.05) is 12.8 Å². The lowest BCUT2D eigenvalue weighted by Gasteiger charge is -2.26. The van der Waals surface area contributed by atoms with E-state index in [0.29, 0.717) is 23.7 Å². The minimum Gasteiger partial charge on any atom is -0.399 e. The predicted octanol–water partition coefficient (Wildman–Crippen LogP) is 3.22. The molecule has 2 fully saturated rings. The average Bonchev–Trinajstić information content (AvgIpc) is 3.19. The van der Waals surface area contributed by atoms with Crippen LogP contribution in [0.3, 0.4) is 0 Å². The van der Waals surface area contributed by atoms with Crippen molar-refractivity contribution < 1.29 is 4.79 Å². The summed E-state index contributed by atoms with van der Waals surface area (Å²) in [5, 5.41) is 0. The van der Waals surface area contributed by atoms with Gasteiger partial charge in [0.1, 0.15) is 0 Å². The van der Waals surface area contributed by atoms with Crippen LogP contribution in [0.5, 0.6) is 0 Å². The minimum atomic E-state index is 0.0913. The number of carbonyl (C=O) groups is 1. The van der Waals surface area contributed by atoms with Crippen LogP contribution in [0.4, 0.5) is 5.69 Å². The van der Waals surface area contributed by atoms with Crippen LogP contribution in [0.25, 0.3) is 0 Å². The molecule has 108 valence electrons. The van der Waals surface area contributed by atoms with Crippen LogP contribution in [0, 0.1) is 17.8 Å². The molecule has 2 N–H and O–H groups in total. The number of nitrogen functional groups attached to an aromatic ring is 1. The van der Waals surface area contributed by atoms with E-state index in [-0.39, 0.29) is 6.04 Å². The standard InChI is InChI=1S/C17H24N2O/c1-11(12-6-5-7-13(18)10-12)19(2)17(20)16-14-8-3-4-9-15(14)16/h5-7,10-11,14-16H,3-4,8-9,18H2,1-2H3. The molecule has 0 aliphatic heterocycles. The molecule has 3 unspecified atom stereocenters. The molecule has 0 radical (unpaired) electrons. The summed E-state index contributed by atoms with van der Waals surface area (Å²) in [6.45, 7) is 2.08. The Labute approximate surface area is 121 Å². The number of nitrogens with zero attached hydrogens (tertiary/aromatic N) is 1. The zero-order chi connectivity index (χ0) is 14.3. The van der Waals surface area contributed by atoms with E-state index in [1.54, 1.807) is 0 Å². The van der Waals surface area contributed by atoms with Gasteiger partial charge in [0.25, 0.3) is 0 Å². The molecule has 1 amide bonds. The fraction of sp³-hybridized carbons (Fsp3) is 0.588. The number of rotatable bonds is 3. The average molecular weight is 272 g/mol. The molecule has 20 heavy (non-hydrogen) atoms. The molecule has 0 aromatic heterocycles. The van der Waals surface area contributed by atoms with Gasteiger partial charge in [-0.05, 0) is 49.3 Å². The summed E-state index contributed by atoms with van der Waals surface area (Å²) in [5.41, 5.74) is 7.71. The lowest BCUT2D eigenvalue weighted by molar-refractivity contribution is -0.133. The van der Waals surface area contributed by atoms with Gasteiger partial charge in [-0.15, -0.1) is 0 Å². The first-order chi connectivity index (χ1) is 9.59. The number of anilines is 1. The van der Waals surface area contributed by atoms with Crippen LogP contribution >= 0.6 is 0 Å². The Bertz CT molecular complexity index is 501. The number of amides is 1. The van der Waals surface area contributed by atoms with Gasteiger partial charge in [0.2, 0.25) is 5.91 Å². The van der Waals surface area contributed by atoms with Crippen molar-refractivity contribution in [3.8, 4) is 0 Å². The van der Waals surface area contributed by atoms with E-state index in [1.165, 1.54) is 25.7 Å². The van der Waals surface area contributed by atoms with Crippen LogP contribution < -0.4 is 5.73 Å². The first kappa shape index (κ1) is 13.5. The summed E-state index contributed by atoms with van der Waals surface area (Å²) >= 11 is 0. The molecule has 0 saturated heterocycles. The number of carbonyl (C=O) groups excluding carboxylic acids is 1. The van der Waals surface area contributed by atoms with Crippen molar-refractivity contribution in [1.29, 1.82) is 0 Å². The zero-order valence-electron chi connectivity index (χ0n) is 12.4. The Hall–Kier alpha value is -1.51. The number of hydrogen-bond acceptors (Lipinski definition) is 2. The molecule has 3 rings (SSSR count). The molecule has 0 bridgehead atoms. The summed E-state index contributed by atoms with van der Waals surface area (Å²) in [5.74, 6) is 1.97. The SMILES string of the molecule is CC(c1cccc(N)c1)N(C)C(=O)C1C2CCCCC21. The molecule has 3 atom stereocenters. The molecule has 3 nitrogen and oxygen atoms in total. The molecule has 2 aliphatic carbocycles. The fourth-order valence-corrected chi connectivity index (χ4v) is 3.83. The molecule has 1 aromatic carbocycles. The summed E-state index contributed by atoms with van der Waals surface area (Å²) < 4.78 is 0. The van der Waals surface area contributed by atoms with Gasteiger partial charge in [-0.3, -0.25) is 4.79 Å². The number of benzene rings is 1. The number of fused-ring (bicyclic) bond motifs is 1. The Kier molecular flexibility index (Phi) is 3.45. The van der Waals surface area contributed by atoms with Gasteiger partial charge in [-0.2, -0.15) is 0 Å². The van der Waals surface area contributed by atoms with Crippen LogP contribution in [-0.2, 0) is 4.79 Å². The maximum absolute atomic E-state index is 12.7. The van der Waals surface area contributed by atoms with Gasteiger partial charge in [0.15, 0.2) is 0 Å². The monoisotopic (exact) mass is 272 g/mol. The second-order valence-corrected chi connectivity index (χ2v) is 6.43. The third-order valence-electron chi connectivity index (χ3n) is 5.26. The minimum absolute atomic E-state index is 0.0913. The molecule has 3 heteroatoms. The summed E-state index contributed by atoms with van der Waals surface area (Å²) in [4.78, 5) is 14.6. The normalized spacial score (nSPS) is 29.4. The van der Waals surface area contributed by atoms with E-state index in [0.717, 1.165) is 11.3 Å². The van der Waals surface area contributed by atoms with E-state index >= 15 is 0 Å². The first-order valence-corrected chi connectivity index (χ1v) is 7.71. The van der Waals surface area contributed by atoms with Crippen LogP contribution in [0.15, 0.2) is 24.3 Å². The lowest BCUT2D eigenvalue weighted by atomic mass is 10.0. The van der Waals surface area contributed by atoms with E-state index in [4.69, 9.17) is 5.73 Å². The molecule has 0 spiro atoms. The predicted molar refractivity (Wildman–Crippen MR) is 81.0 cm³/mol. The Morgan fingerprint density at radius 3 is 2.55 bits per heavy atom. The van der Waals surface area contributed by atoms with Crippen molar-refractivity contribution in [1.82, 2.24) is 4.90 Å². The highest BCUT2D eigenvalue weighted by Crippen LogP contribution is 2.56. The summed E-state index contributed by atoms with van der Waals surface area (Å²) in [6, 6.07) is 7.94. The van der Waals surface area contributed by atoms with Crippen LogP contribution in [0.1, 0.15) is 44.2 Å². The van der Waals surface area contributed by atoms with Crippen molar-refractivity contribution in [2.24, 2.45) is 17.8 Å². The van der Waals surface area contributed by atoms with Gasteiger partial charge in [0, 0.05) is 18.7 Å². The Balaban J connectivity index is 1.69. The van der Waals surface area contributed by atoms with E-state index < -0.39 is 0 Å². The molecule has 2 aliphatic rings. The van der Waals surface area contributed by atoms with Crippen LogP contribution in [0.2, 0.25) is 0 Å². The second kappa shape index (κ2) is 5.12. The van der Waals surface area contributed by atoms with Crippen LogP contribution in [-0.4, -0.2) is 17.9 Å². The molecule has 1 aromatic rings. The van der Waals surface area contributed by atoms with Gasteiger partial charge in [-0.25, -0.2) is 0 Å². The smallest absolute Gasteiger partial charge is 0.226 e. The second-order valence-electron chi connectivity index (χ2n) is 6.43. The Morgan fingerprint density at radius 2 is 1.95 bits per heavy atom. The van der Waals surface area contributed by atoms with Crippen molar-refractivity contribution in [3.05, 3.63) is 29.8 Å². The van der Waals surface area contributed by atoms with Gasteiger partial charge < -0.3 is 10.6 Å². The van der Waals surface area contributed by atoms with E-state index in [9.17, 15) is 4.79 Å². The Morgan fingerprint density at radius 1 is 1.30 bits per heavy atom. The van der Waals surface area contributed by atoms with Gasteiger partial charge in [-0.1, -0.05) is 25.0 Å². The summed E-state index contributed by atoms with van der Waals surface area (Å²) in [7, 11) is 1.93. The highest BCUT2D eigenvalue weighted by atomic mass is 16.2. The number of hydrogen-bond donors (Lipinski definition) is 1. The molecule has 2 saturated carbocycles. The van der Waals surface area contributed by atoms with Crippen molar-refractivity contribution in [2.45, 2.75) is 38.6 Å². The zero-order valence-corrected chi connectivity index (χ0v) is 12.4. The number of nitrogens with two attached hydrogens (primary N) is 1. The topological polar surface area (TPSA) is 46.3 Å². The molecule has 0 heterocycles. The lowest BCUT2D eigenvalue weighted by Crippen LogP contribution is -2.31. The third kappa shape index (κ3) is 2.30. The maximum Gasteiger partial charge on any atom is 0.226 e. The van der Waals surface area contributed by atoms with Crippen molar-refractivity contribution >= 4 is 11.6 Å². The quantitative estimate of drug-likeness (QED) is 0.859. The third-order valence-corrected chi connectivity index (χ3v) is 5.26. The molecular weight excluding hydrogens is 248 g/mol. The van der Waals surface area contributed by atoms with E-state index in [1.807, 2.05) is 36.2 Å². The highest BCUT2D eigenvalue weighted by Gasteiger charge is 2.55. The largest absolute Gasteiger partial charge is 0.399 e. The van der Waals surface area contributed by atoms with E-state index in [2.05, 4.69) is 6.92 Å². The van der Waals surface area contributed by atoms with Crippen molar-refractivity contribution in [3.63, 3.8) is 0 Å². The maximum atomic E-state index is 12.7. The first-order valence-electron chi connectivity index (χ1n) is 7.71.